The van der Waals surface area contributed by atoms with E-state index in [2.05, 4.69) is 6.07 Å². The highest BCUT2D eigenvalue weighted by Gasteiger charge is 2.19. The second kappa shape index (κ2) is 3.46. The van der Waals surface area contributed by atoms with Crippen LogP contribution in [0.4, 0.5) is 0 Å². The zero-order valence-corrected chi connectivity index (χ0v) is 7.06. The van der Waals surface area contributed by atoms with Gasteiger partial charge in [-0.15, -0.1) is 0 Å². The monoisotopic (exact) mass is 175 g/mol. The van der Waals surface area contributed by atoms with Crippen molar-refractivity contribution >= 4 is 0 Å². The summed E-state index contributed by atoms with van der Waals surface area (Å²) in [5.74, 6) is 0.798. The Hall–Kier alpha value is -1.53. The summed E-state index contributed by atoms with van der Waals surface area (Å²) in [5, 5.41) is 8.56. The van der Waals surface area contributed by atoms with Crippen molar-refractivity contribution in [1.29, 1.82) is 5.26 Å². The molecule has 0 spiro atoms. The molecule has 1 aliphatic heterocycles. The van der Waals surface area contributed by atoms with Crippen LogP contribution in [0.25, 0.3) is 0 Å². The summed E-state index contributed by atoms with van der Waals surface area (Å²) in [5.41, 5.74) is 0.650. The minimum absolute atomic E-state index is 0.188. The SMILES string of the molecule is N#Cc1ccc(OC2COC2)cc1. The molecule has 1 aliphatic rings. The molecule has 0 aliphatic carbocycles. The lowest BCUT2D eigenvalue weighted by molar-refractivity contribution is -0.0796. The maximum Gasteiger partial charge on any atom is 0.145 e. The molecule has 1 aromatic carbocycles. The van der Waals surface area contributed by atoms with Crippen LogP contribution >= 0.6 is 0 Å². The van der Waals surface area contributed by atoms with Gasteiger partial charge in [-0.3, -0.25) is 0 Å². The van der Waals surface area contributed by atoms with E-state index >= 15 is 0 Å². The number of nitriles is 1. The second-order valence-electron chi connectivity index (χ2n) is 2.91. The molecule has 1 heterocycles. The van der Waals surface area contributed by atoms with E-state index in [1.54, 1.807) is 24.3 Å². The maximum absolute atomic E-state index is 8.56. The van der Waals surface area contributed by atoms with E-state index in [-0.39, 0.29) is 6.10 Å². The Bertz CT molecular complexity index is 322. The van der Waals surface area contributed by atoms with Crippen LogP contribution in [-0.2, 0) is 4.74 Å². The van der Waals surface area contributed by atoms with Crippen LogP contribution in [0.15, 0.2) is 24.3 Å². The van der Waals surface area contributed by atoms with Crippen molar-refractivity contribution in [2.24, 2.45) is 0 Å². The maximum atomic E-state index is 8.56. The van der Waals surface area contributed by atoms with Gasteiger partial charge in [-0.2, -0.15) is 5.26 Å². The van der Waals surface area contributed by atoms with E-state index < -0.39 is 0 Å². The van der Waals surface area contributed by atoms with Gasteiger partial charge in [-0.05, 0) is 24.3 Å². The summed E-state index contributed by atoms with van der Waals surface area (Å²) < 4.78 is 10.5. The summed E-state index contributed by atoms with van der Waals surface area (Å²) in [6.45, 7) is 1.33. The number of hydrogen-bond donors (Lipinski definition) is 0. The molecule has 13 heavy (non-hydrogen) atoms. The highest BCUT2D eigenvalue weighted by atomic mass is 16.6. The lowest BCUT2D eigenvalue weighted by Crippen LogP contribution is -2.38. The molecule has 1 fully saturated rings. The molecular weight excluding hydrogens is 166 g/mol. The van der Waals surface area contributed by atoms with Crippen molar-refractivity contribution in [3.05, 3.63) is 29.8 Å². The molecule has 0 atom stereocenters. The van der Waals surface area contributed by atoms with Crippen LogP contribution in [0, 0.1) is 11.3 Å². The number of ether oxygens (including phenoxy) is 2. The predicted molar refractivity (Wildman–Crippen MR) is 46.4 cm³/mol. The number of rotatable bonds is 2. The first kappa shape index (κ1) is 8.09. The summed E-state index contributed by atoms with van der Waals surface area (Å²) in [7, 11) is 0. The summed E-state index contributed by atoms with van der Waals surface area (Å²) in [6, 6.07) is 9.15. The Labute approximate surface area is 76.5 Å². The molecule has 0 amide bonds. The summed E-state index contributed by atoms with van der Waals surface area (Å²) in [6.07, 6.45) is 0.188. The van der Waals surface area contributed by atoms with E-state index in [0.717, 1.165) is 5.75 Å². The lowest BCUT2D eigenvalue weighted by atomic mass is 10.2. The quantitative estimate of drug-likeness (QED) is 0.681. The molecule has 0 N–H and O–H groups in total. The second-order valence-corrected chi connectivity index (χ2v) is 2.91. The normalized spacial score (nSPS) is 15.9. The van der Waals surface area contributed by atoms with Crippen LogP contribution in [0.1, 0.15) is 5.56 Å². The molecule has 3 heteroatoms. The Kier molecular flexibility index (Phi) is 2.15. The predicted octanol–water partition coefficient (Wildman–Crippen LogP) is 1.34. The summed E-state index contributed by atoms with van der Waals surface area (Å²) in [4.78, 5) is 0. The van der Waals surface area contributed by atoms with Gasteiger partial charge in [0, 0.05) is 0 Å². The fourth-order valence-corrected chi connectivity index (χ4v) is 1.08. The minimum Gasteiger partial charge on any atom is -0.486 e. The van der Waals surface area contributed by atoms with E-state index in [1.807, 2.05) is 0 Å². The smallest absolute Gasteiger partial charge is 0.145 e. The Morgan fingerprint density at radius 2 is 2.00 bits per heavy atom. The van der Waals surface area contributed by atoms with Crippen LogP contribution in [-0.4, -0.2) is 19.3 Å². The first-order valence-electron chi connectivity index (χ1n) is 4.13. The molecule has 1 saturated heterocycles. The van der Waals surface area contributed by atoms with Crippen molar-refractivity contribution in [2.75, 3.05) is 13.2 Å². The average Bonchev–Trinajstić information content (AvgIpc) is 2.12. The van der Waals surface area contributed by atoms with Crippen molar-refractivity contribution in [2.45, 2.75) is 6.10 Å². The zero-order chi connectivity index (χ0) is 9.10. The van der Waals surface area contributed by atoms with Gasteiger partial charge in [0.2, 0.25) is 0 Å². The van der Waals surface area contributed by atoms with E-state index in [0.29, 0.717) is 18.8 Å². The largest absolute Gasteiger partial charge is 0.486 e. The van der Waals surface area contributed by atoms with Crippen LogP contribution < -0.4 is 4.74 Å². The molecule has 0 aromatic heterocycles. The molecule has 0 saturated carbocycles. The molecule has 3 nitrogen and oxygen atoms in total. The van der Waals surface area contributed by atoms with Crippen LogP contribution in [0.5, 0.6) is 5.75 Å². The first-order chi connectivity index (χ1) is 6.38. The molecule has 66 valence electrons. The van der Waals surface area contributed by atoms with Crippen molar-refractivity contribution < 1.29 is 9.47 Å². The third-order valence-electron chi connectivity index (χ3n) is 1.89. The molecular formula is C10H9NO2. The molecule has 0 bridgehead atoms. The van der Waals surface area contributed by atoms with Gasteiger partial charge in [-0.25, -0.2) is 0 Å². The highest BCUT2D eigenvalue weighted by molar-refractivity contribution is 5.34. The highest BCUT2D eigenvalue weighted by Crippen LogP contribution is 2.16. The van der Waals surface area contributed by atoms with Crippen LogP contribution in [0.3, 0.4) is 0 Å². The van der Waals surface area contributed by atoms with Crippen molar-refractivity contribution in [3.63, 3.8) is 0 Å². The minimum atomic E-state index is 0.188. The third kappa shape index (κ3) is 1.79. The zero-order valence-electron chi connectivity index (χ0n) is 7.06. The lowest BCUT2D eigenvalue weighted by Gasteiger charge is -2.26. The van der Waals surface area contributed by atoms with Gasteiger partial charge < -0.3 is 9.47 Å². The topological polar surface area (TPSA) is 42.2 Å². The Morgan fingerprint density at radius 1 is 1.31 bits per heavy atom. The number of hydrogen-bond acceptors (Lipinski definition) is 3. The average molecular weight is 175 g/mol. The van der Waals surface area contributed by atoms with Crippen molar-refractivity contribution in [1.82, 2.24) is 0 Å². The third-order valence-corrected chi connectivity index (χ3v) is 1.89. The Morgan fingerprint density at radius 3 is 2.46 bits per heavy atom. The Balaban J connectivity index is 2.01. The molecule has 2 rings (SSSR count). The van der Waals surface area contributed by atoms with Gasteiger partial charge in [0.1, 0.15) is 11.9 Å². The standard InChI is InChI=1S/C10H9NO2/c11-5-8-1-3-9(4-2-8)13-10-6-12-7-10/h1-4,10H,6-7H2. The van der Waals surface area contributed by atoms with Gasteiger partial charge in [-0.1, -0.05) is 0 Å². The van der Waals surface area contributed by atoms with E-state index in [4.69, 9.17) is 14.7 Å². The number of nitrogens with zero attached hydrogens (tertiary/aromatic N) is 1. The first-order valence-corrected chi connectivity index (χ1v) is 4.13. The molecule has 1 aromatic rings. The fraction of sp³-hybridized carbons (Fsp3) is 0.300. The van der Waals surface area contributed by atoms with Gasteiger partial charge in [0.05, 0.1) is 24.8 Å². The van der Waals surface area contributed by atoms with E-state index in [9.17, 15) is 0 Å². The summed E-state index contributed by atoms with van der Waals surface area (Å²) >= 11 is 0. The van der Waals surface area contributed by atoms with Gasteiger partial charge >= 0.3 is 0 Å². The molecule has 0 radical (unpaired) electrons. The van der Waals surface area contributed by atoms with Gasteiger partial charge in [0.25, 0.3) is 0 Å². The van der Waals surface area contributed by atoms with E-state index in [1.165, 1.54) is 0 Å². The molecule has 0 unspecified atom stereocenters. The van der Waals surface area contributed by atoms with Gasteiger partial charge in [0.15, 0.2) is 0 Å². The van der Waals surface area contributed by atoms with Crippen molar-refractivity contribution in [3.8, 4) is 11.8 Å². The van der Waals surface area contributed by atoms with Crippen LogP contribution in [0.2, 0.25) is 0 Å². The fourth-order valence-electron chi connectivity index (χ4n) is 1.08. The number of benzene rings is 1.